The van der Waals surface area contributed by atoms with Crippen LogP contribution in [0.4, 0.5) is 0 Å². The van der Waals surface area contributed by atoms with Crippen molar-refractivity contribution >= 4 is 38.9 Å². The van der Waals surface area contributed by atoms with E-state index in [1.807, 2.05) is 35.7 Å². The smallest absolute Gasteiger partial charge is 0.101 e. The monoisotopic (exact) mass is 330 g/mol. The first kappa shape index (κ1) is 13.1. The molecule has 0 saturated heterocycles. The van der Waals surface area contributed by atoms with Crippen LogP contribution in [-0.2, 0) is 12.0 Å². The molecule has 1 aromatic heterocycles. The standard InChI is InChI=1S/C13H12BrClOS/c1-13(16,12-11(15)6-7-17-12)8-9-2-4-10(14)5-3-9/h2-7,16H,8H2,1H3. The molecule has 0 spiro atoms. The van der Waals surface area contributed by atoms with Crippen molar-refractivity contribution in [3.63, 3.8) is 0 Å². The molecule has 1 N–H and O–H groups in total. The van der Waals surface area contributed by atoms with Crippen molar-refractivity contribution in [1.82, 2.24) is 0 Å². The van der Waals surface area contributed by atoms with Crippen LogP contribution in [0, 0.1) is 0 Å². The van der Waals surface area contributed by atoms with E-state index in [1.165, 1.54) is 11.3 Å². The van der Waals surface area contributed by atoms with Crippen LogP contribution in [0.3, 0.4) is 0 Å². The maximum atomic E-state index is 10.5. The Morgan fingerprint density at radius 3 is 2.47 bits per heavy atom. The van der Waals surface area contributed by atoms with E-state index in [-0.39, 0.29) is 0 Å². The number of rotatable bonds is 3. The van der Waals surface area contributed by atoms with Crippen molar-refractivity contribution in [2.45, 2.75) is 18.9 Å². The van der Waals surface area contributed by atoms with Gasteiger partial charge >= 0.3 is 0 Å². The van der Waals surface area contributed by atoms with Crippen LogP contribution in [0.1, 0.15) is 17.4 Å². The lowest BCUT2D eigenvalue weighted by atomic mass is 9.95. The van der Waals surface area contributed by atoms with Crippen molar-refractivity contribution in [1.29, 1.82) is 0 Å². The van der Waals surface area contributed by atoms with Crippen LogP contribution < -0.4 is 0 Å². The predicted molar refractivity (Wildman–Crippen MR) is 76.7 cm³/mol. The summed E-state index contributed by atoms with van der Waals surface area (Å²) in [4.78, 5) is 0.821. The van der Waals surface area contributed by atoms with Crippen molar-refractivity contribution in [2.75, 3.05) is 0 Å². The van der Waals surface area contributed by atoms with Gasteiger partial charge in [0, 0.05) is 10.9 Å². The van der Waals surface area contributed by atoms with Gasteiger partial charge < -0.3 is 5.11 Å². The van der Waals surface area contributed by atoms with Gasteiger partial charge in [-0.1, -0.05) is 39.7 Å². The Morgan fingerprint density at radius 2 is 1.94 bits per heavy atom. The van der Waals surface area contributed by atoms with Crippen LogP contribution in [0.25, 0.3) is 0 Å². The average molecular weight is 332 g/mol. The SMILES string of the molecule is CC(O)(Cc1ccc(Br)cc1)c1sccc1Cl. The lowest BCUT2D eigenvalue weighted by molar-refractivity contribution is 0.0616. The van der Waals surface area contributed by atoms with Gasteiger partial charge in [-0.25, -0.2) is 0 Å². The molecule has 0 aliphatic heterocycles. The highest BCUT2D eigenvalue weighted by Gasteiger charge is 2.27. The summed E-state index contributed by atoms with van der Waals surface area (Å²) in [5.41, 5.74) is 0.168. The maximum Gasteiger partial charge on any atom is 0.101 e. The van der Waals surface area contributed by atoms with Gasteiger partial charge in [0.1, 0.15) is 5.60 Å². The first-order valence-electron chi connectivity index (χ1n) is 5.19. The normalized spacial score (nSPS) is 14.6. The summed E-state index contributed by atoms with van der Waals surface area (Å²) >= 11 is 10.9. The summed E-state index contributed by atoms with van der Waals surface area (Å²) in [7, 11) is 0. The minimum absolute atomic E-state index is 0.556. The summed E-state index contributed by atoms with van der Waals surface area (Å²) in [6.07, 6.45) is 0.556. The molecule has 0 aliphatic rings. The van der Waals surface area contributed by atoms with Gasteiger partial charge in [-0.2, -0.15) is 0 Å². The molecule has 0 fully saturated rings. The van der Waals surface area contributed by atoms with Crippen molar-refractivity contribution in [3.05, 3.63) is 55.6 Å². The summed E-state index contributed by atoms with van der Waals surface area (Å²) < 4.78 is 1.04. The third-order valence-electron chi connectivity index (χ3n) is 2.57. The van der Waals surface area contributed by atoms with E-state index in [2.05, 4.69) is 15.9 Å². The fourth-order valence-electron chi connectivity index (χ4n) is 1.76. The molecule has 0 radical (unpaired) electrons. The molecule has 2 rings (SSSR count). The zero-order valence-electron chi connectivity index (χ0n) is 9.28. The number of halogens is 2. The number of thiophene rings is 1. The largest absolute Gasteiger partial charge is 0.384 e. The first-order valence-corrected chi connectivity index (χ1v) is 7.24. The molecule has 2 aromatic rings. The second kappa shape index (κ2) is 5.11. The molecule has 0 amide bonds. The third-order valence-corrected chi connectivity index (χ3v) is 4.69. The number of hydrogen-bond acceptors (Lipinski definition) is 2. The first-order chi connectivity index (χ1) is 7.99. The highest BCUT2D eigenvalue weighted by Crippen LogP contribution is 2.35. The number of hydrogen-bond donors (Lipinski definition) is 1. The van der Waals surface area contributed by atoms with E-state index in [4.69, 9.17) is 11.6 Å². The van der Waals surface area contributed by atoms with Crippen molar-refractivity contribution in [2.24, 2.45) is 0 Å². The van der Waals surface area contributed by atoms with E-state index in [0.29, 0.717) is 11.4 Å². The van der Waals surface area contributed by atoms with E-state index in [0.717, 1.165) is 14.9 Å². The van der Waals surface area contributed by atoms with E-state index in [1.54, 1.807) is 6.92 Å². The Kier molecular flexibility index (Phi) is 3.93. The third kappa shape index (κ3) is 3.10. The Hall–Kier alpha value is -0.350. The molecular weight excluding hydrogens is 320 g/mol. The molecular formula is C13H12BrClOS. The zero-order valence-corrected chi connectivity index (χ0v) is 12.4. The van der Waals surface area contributed by atoms with Gasteiger partial charge in [-0.3, -0.25) is 0 Å². The number of aliphatic hydroxyl groups is 1. The fraction of sp³-hybridized carbons (Fsp3) is 0.231. The number of benzene rings is 1. The summed E-state index contributed by atoms with van der Waals surface area (Å²) in [5.74, 6) is 0. The molecule has 1 aromatic carbocycles. The van der Waals surface area contributed by atoms with Gasteiger partial charge in [0.05, 0.1) is 9.90 Å². The maximum absolute atomic E-state index is 10.5. The Labute approximate surface area is 118 Å². The van der Waals surface area contributed by atoms with Crippen molar-refractivity contribution < 1.29 is 5.11 Å². The highest BCUT2D eigenvalue weighted by atomic mass is 79.9. The average Bonchev–Trinajstić information content (AvgIpc) is 2.68. The highest BCUT2D eigenvalue weighted by molar-refractivity contribution is 9.10. The van der Waals surface area contributed by atoms with Gasteiger partial charge in [0.2, 0.25) is 0 Å². The molecule has 0 bridgehead atoms. The molecule has 0 saturated carbocycles. The van der Waals surface area contributed by atoms with E-state index >= 15 is 0 Å². The molecule has 4 heteroatoms. The topological polar surface area (TPSA) is 20.2 Å². The Bertz CT molecular complexity index is 504. The van der Waals surface area contributed by atoms with Crippen LogP contribution >= 0.6 is 38.9 Å². The van der Waals surface area contributed by atoms with Gasteiger partial charge in [0.25, 0.3) is 0 Å². The van der Waals surface area contributed by atoms with Crippen molar-refractivity contribution in [3.8, 4) is 0 Å². The molecule has 1 nitrogen and oxygen atoms in total. The summed E-state index contributed by atoms with van der Waals surface area (Å²) in [6, 6.07) is 9.76. The molecule has 0 aliphatic carbocycles. The molecule has 17 heavy (non-hydrogen) atoms. The Morgan fingerprint density at radius 1 is 1.29 bits per heavy atom. The predicted octanol–water partition coefficient (Wildman–Crippen LogP) is 4.61. The van der Waals surface area contributed by atoms with Crippen LogP contribution in [-0.4, -0.2) is 5.11 Å². The molecule has 1 unspecified atom stereocenters. The van der Waals surface area contributed by atoms with Gasteiger partial charge in [0.15, 0.2) is 0 Å². The lowest BCUT2D eigenvalue weighted by Gasteiger charge is -2.22. The Balaban J connectivity index is 2.23. The minimum atomic E-state index is -0.918. The lowest BCUT2D eigenvalue weighted by Crippen LogP contribution is -2.23. The van der Waals surface area contributed by atoms with Crippen LogP contribution in [0.15, 0.2) is 40.2 Å². The van der Waals surface area contributed by atoms with Crippen LogP contribution in [0.2, 0.25) is 5.02 Å². The summed E-state index contributed by atoms with van der Waals surface area (Å²) in [5, 5.41) is 13.0. The molecule has 1 heterocycles. The minimum Gasteiger partial charge on any atom is -0.384 e. The van der Waals surface area contributed by atoms with Gasteiger partial charge in [-0.05, 0) is 36.1 Å². The van der Waals surface area contributed by atoms with Gasteiger partial charge in [-0.15, -0.1) is 11.3 Å². The second-order valence-corrected chi connectivity index (χ2v) is 6.41. The second-order valence-electron chi connectivity index (χ2n) is 4.17. The van der Waals surface area contributed by atoms with Crippen LogP contribution in [0.5, 0.6) is 0 Å². The summed E-state index contributed by atoms with van der Waals surface area (Å²) in [6.45, 7) is 1.80. The molecule has 1 atom stereocenters. The fourth-order valence-corrected chi connectivity index (χ4v) is 3.34. The van der Waals surface area contributed by atoms with E-state index in [9.17, 15) is 5.11 Å². The zero-order chi connectivity index (χ0) is 12.5. The van der Waals surface area contributed by atoms with E-state index < -0.39 is 5.60 Å². The molecule has 90 valence electrons. The quantitative estimate of drug-likeness (QED) is 0.870.